The van der Waals surface area contributed by atoms with Crippen molar-refractivity contribution in [3.63, 3.8) is 0 Å². The van der Waals surface area contributed by atoms with Crippen LogP contribution in [0.25, 0.3) is 10.9 Å². The van der Waals surface area contributed by atoms with Crippen molar-refractivity contribution in [1.82, 2.24) is 15.2 Å². The van der Waals surface area contributed by atoms with Gasteiger partial charge in [0.1, 0.15) is 17.2 Å². The Labute approximate surface area is 236 Å². The summed E-state index contributed by atoms with van der Waals surface area (Å²) >= 11 is 0. The Morgan fingerprint density at radius 1 is 0.976 bits per heavy atom. The lowest BCUT2D eigenvalue weighted by Crippen LogP contribution is -2.47. The van der Waals surface area contributed by atoms with Gasteiger partial charge in [0.15, 0.2) is 6.61 Å². The number of benzene rings is 3. The van der Waals surface area contributed by atoms with Gasteiger partial charge in [0.05, 0.1) is 13.2 Å². The van der Waals surface area contributed by atoms with E-state index in [1.165, 1.54) is 19.1 Å². The van der Waals surface area contributed by atoms with Crippen molar-refractivity contribution in [2.24, 2.45) is 0 Å². The number of H-pyrrole nitrogens is 1. The molecule has 0 saturated heterocycles. The number of carbonyl (C=O) groups is 2. The minimum atomic E-state index is -4.80. The number of methoxy groups -OCH3 is 1. The third-order valence-electron chi connectivity index (χ3n) is 6.37. The highest BCUT2D eigenvalue weighted by atomic mass is 19.4. The fourth-order valence-corrected chi connectivity index (χ4v) is 4.49. The first-order valence-corrected chi connectivity index (χ1v) is 12.8. The average Bonchev–Trinajstić information content (AvgIpc) is 3.34. The highest BCUT2D eigenvalue weighted by molar-refractivity contribution is 5.83. The summed E-state index contributed by atoms with van der Waals surface area (Å²) in [5, 5.41) is 3.96. The van der Waals surface area contributed by atoms with Gasteiger partial charge in [-0.15, -0.1) is 13.2 Å². The normalized spacial score (nSPS) is 12.0. The molecule has 1 heterocycles. The molecule has 0 saturated carbocycles. The number of fused-ring (bicyclic) bond motifs is 1. The molecule has 41 heavy (non-hydrogen) atoms. The smallest absolute Gasteiger partial charge is 0.496 e. The number of ether oxygens (including phenoxy) is 3. The fourth-order valence-electron chi connectivity index (χ4n) is 4.49. The fraction of sp³-hybridized carbons (Fsp3) is 0.267. The Morgan fingerprint density at radius 3 is 2.37 bits per heavy atom. The van der Waals surface area contributed by atoms with Crippen molar-refractivity contribution >= 4 is 22.7 Å². The van der Waals surface area contributed by atoms with Crippen LogP contribution in [0.5, 0.6) is 17.2 Å². The second kappa shape index (κ2) is 13.1. The monoisotopic (exact) mass is 571 g/mol. The summed E-state index contributed by atoms with van der Waals surface area (Å²) in [6.45, 7) is 1.58. The van der Waals surface area contributed by atoms with Gasteiger partial charge in [0.2, 0.25) is 5.91 Å². The predicted molar refractivity (Wildman–Crippen MR) is 149 cm³/mol. The SMILES string of the molecule is COc1ccccc1CN(CC(Cc1c[nH]c2ccccc12)NC(=O)COc1ccc(OC(F)(F)F)cc1)C(C)=O.[HH]. The Balaban J connectivity index is 0.00000484. The molecule has 0 radical (unpaired) electrons. The lowest BCUT2D eigenvalue weighted by Gasteiger charge is -2.28. The number of para-hydroxylation sites is 2. The maximum absolute atomic E-state index is 12.9. The van der Waals surface area contributed by atoms with Gasteiger partial charge < -0.3 is 29.4 Å². The Morgan fingerprint density at radius 2 is 1.66 bits per heavy atom. The lowest BCUT2D eigenvalue weighted by molar-refractivity contribution is -0.274. The number of aromatic nitrogens is 1. The molecule has 1 atom stereocenters. The summed E-state index contributed by atoms with van der Waals surface area (Å²) in [4.78, 5) is 30.5. The average molecular weight is 572 g/mol. The summed E-state index contributed by atoms with van der Waals surface area (Å²) in [5.41, 5.74) is 2.74. The van der Waals surface area contributed by atoms with Crippen LogP contribution in [0.2, 0.25) is 0 Å². The number of halogens is 3. The zero-order chi connectivity index (χ0) is 29.4. The molecule has 2 amide bonds. The maximum atomic E-state index is 12.9. The van der Waals surface area contributed by atoms with Crippen LogP contribution in [0.3, 0.4) is 0 Å². The van der Waals surface area contributed by atoms with Crippen LogP contribution >= 0.6 is 0 Å². The maximum Gasteiger partial charge on any atom is 0.573 e. The summed E-state index contributed by atoms with van der Waals surface area (Å²) in [6, 6.07) is 19.5. The predicted octanol–water partition coefficient (Wildman–Crippen LogP) is 5.48. The number of hydrogen-bond acceptors (Lipinski definition) is 5. The van der Waals surface area contributed by atoms with Gasteiger partial charge >= 0.3 is 6.36 Å². The molecule has 0 bridgehead atoms. The first-order valence-electron chi connectivity index (χ1n) is 12.8. The van der Waals surface area contributed by atoms with E-state index in [0.29, 0.717) is 12.2 Å². The van der Waals surface area contributed by atoms with E-state index in [1.54, 1.807) is 12.0 Å². The molecule has 0 aliphatic rings. The summed E-state index contributed by atoms with van der Waals surface area (Å²) in [5.74, 6) is -0.175. The van der Waals surface area contributed by atoms with Gasteiger partial charge in [0.25, 0.3) is 5.91 Å². The minimum Gasteiger partial charge on any atom is -0.496 e. The van der Waals surface area contributed by atoms with Gasteiger partial charge in [-0.3, -0.25) is 9.59 Å². The third-order valence-corrected chi connectivity index (χ3v) is 6.37. The number of rotatable bonds is 12. The molecular formula is C30H32F3N3O5. The quantitative estimate of drug-likeness (QED) is 0.235. The van der Waals surface area contributed by atoms with Crippen LogP contribution in [0.1, 0.15) is 19.5 Å². The Hall–Kier alpha value is -4.67. The zero-order valence-electron chi connectivity index (χ0n) is 22.5. The molecule has 1 aromatic heterocycles. The van der Waals surface area contributed by atoms with E-state index in [2.05, 4.69) is 15.0 Å². The van der Waals surface area contributed by atoms with Crippen LogP contribution in [0.15, 0.2) is 79.0 Å². The molecule has 0 spiro atoms. The van der Waals surface area contributed by atoms with Crippen molar-refractivity contribution in [3.05, 3.63) is 90.1 Å². The highest BCUT2D eigenvalue weighted by Gasteiger charge is 2.31. The molecule has 0 fully saturated rings. The van der Waals surface area contributed by atoms with Crippen LogP contribution in [-0.2, 0) is 22.6 Å². The van der Waals surface area contributed by atoms with Crippen molar-refractivity contribution in [3.8, 4) is 17.2 Å². The molecule has 0 aliphatic carbocycles. The molecule has 218 valence electrons. The molecule has 1 unspecified atom stereocenters. The van der Waals surface area contributed by atoms with E-state index in [0.717, 1.165) is 34.2 Å². The molecule has 11 heteroatoms. The van der Waals surface area contributed by atoms with Gasteiger partial charge in [0, 0.05) is 44.1 Å². The third kappa shape index (κ3) is 8.41. The molecule has 2 N–H and O–H groups in total. The van der Waals surface area contributed by atoms with Gasteiger partial charge in [-0.25, -0.2) is 0 Å². The number of hydrogen-bond donors (Lipinski definition) is 2. The van der Waals surface area contributed by atoms with Gasteiger partial charge in [-0.2, -0.15) is 0 Å². The van der Waals surface area contributed by atoms with Crippen molar-refractivity contribution in [2.45, 2.75) is 32.3 Å². The van der Waals surface area contributed by atoms with E-state index in [9.17, 15) is 22.8 Å². The number of alkyl halides is 3. The number of nitrogens with one attached hydrogen (secondary N) is 2. The van der Waals surface area contributed by atoms with E-state index in [-0.39, 0.29) is 32.8 Å². The topological polar surface area (TPSA) is 92.9 Å². The van der Waals surface area contributed by atoms with E-state index in [4.69, 9.17) is 9.47 Å². The lowest BCUT2D eigenvalue weighted by atomic mass is 10.0. The molecule has 0 aliphatic heterocycles. The molecule has 4 aromatic rings. The van der Waals surface area contributed by atoms with Crippen molar-refractivity contribution in [1.29, 1.82) is 0 Å². The molecular weight excluding hydrogens is 539 g/mol. The second-order valence-corrected chi connectivity index (χ2v) is 9.35. The summed E-state index contributed by atoms with van der Waals surface area (Å²) in [6.07, 6.45) is -2.50. The second-order valence-electron chi connectivity index (χ2n) is 9.35. The Kier molecular flexibility index (Phi) is 9.38. The summed E-state index contributed by atoms with van der Waals surface area (Å²) < 4.78 is 52.0. The van der Waals surface area contributed by atoms with Crippen molar-refractivity contribution in [2.75, 3.05) is 20.3 Å². The molecule has 4 rings (SSSR count). The Bertz CT molecular complexity index is 1480. The highest BCUT2D eigenvalue weighted by Crippen LogP contribution is 2.25. The van der Waals surface area contributed by atoms with E-state index in [1.807, 2.05) is 54.7 Å². The number of nitrogens with zero attached hydrogens (tertiary/aromatic N) is 1. The first kappa shape index (κ1) is 29.3. The summed E-state index contributed by atoms with van der Waals surface area (Å²) in [7, 11) is 1.56. The van der Waals surface area contributed by atoms with Crippen LogP contribution in [0, 0.1) is 0 Å². The van der Waals surface area contributed by atoms with E-state index < -0.39 is 24.1 Å². The molecule has 3 aromatic carbocycles. The van der Waals surface area contributed by atoms with Crippen LogP contribution < -0.4 is 19.5 Å². The molecule has 8 nitrogen and oxygen atoms in total. The number of amides is 2. The number of carbonyl (C=O) groups excluding carboxylic acids is 2. The number of aromatic amines is 1. The van der Waals surface area contributed by atoms with Gasteiger partial charge in [-0.05, 0) is 48.4 Å². The first-order chi connectivity index (χ1) is 19.6. The van der Waals surface area contributed by atoms with Crippen LogP contribution in [-0.4, -0.2) is 54.4 Å². The minimum absolute atomic E-state index is 0. The zero-order valence-corrected chi connectivity index (χ0v) is 22.5. The standard InChI is InChI=1S/C30H30F3N3O5.H2/c1-20(37)36(17-21-7-3-6-10-28(21)39-2)18-23(15-22-16-34-27-9-5-4-8-26(22)27)35-29(38)19-40-24-11-13-25(14-12-24)41-30(31,32)33;/h3-14,16,23,34H,15,17-19H2,1-2H3,(H,35,38);1H. The largest absolute Gasteiger partial charge is 0.573 e. The van der Waals surface area contributed by atoms with Crippen LogP contribution in [0.4, 0.5) is 13.2 Å². The van der Waals surface area contributed by atoms with Crippen molar-refractivity contribution < 1.29 is 38.4 Å². The van der Waals surface area contributed by atoms with Gasteiger partial charge in [-0.1, -0.05) is 36.4 Å². The van der Waals surface area contributed by atoms with E-state index >= 15 is 0 Å².